The van der Waals surface area contributed by atoms with E-state index >= 15 is 0 Å². The lowest BCUT2D eigenvalue weighted by Gasteiger charge is -2.28. The van der Waals surface area contributed by atoms with Crippen LogP contribution in [0.2, 0.25) is 0 Å². The third kappa shape index (κ3) is 6.09. The minimum Gasteiger partial charge on any atom is -0.484 e. The Morgan fingerprint density at radius 1 is 0.840 bits per heavy atom. The van der Waals surface area contributed by atoms with Crippen LogP contribution in [-0.4, -0.2) is 20.7 Å². The molecule has 2 nitrogen and oxygen atoms in total. The van der Waals surface area contributed by atoms with Crippen molar-refractivity contribution in [3.63, 3.8) is 0 Å². The highest BCUT2D eigenvalue weighted by Crippen LogP contribution is 2.31. The van der Waals surface area contributed by atoms with Gasteiger partial charge in [-0.2, -0.15) is 0 Å². The second kappa shape index (κ2) is 7.48. The molecule has 25 heavy (non-hydrogen) atoms. The number of ether oxygens (including phenoxy) is 2. The van der Waals surface area contributed by atoms with E-state index in [2.05, 4.69) is 84.5 Å². The van der Waals surface area contributed by atoms with Gasteiger partial charge in [-0.15, -0.1) is 0 Å². The van der Waals surface area contributed by atoms with Crippen LogP contribution in [0, 0.1) is 0 Å². The van der Waals surface area contributed by atoms with Crippen molar-refractivity contribution in [2.24, 2.45) is 0 Å². The Balaban J connectivity index is 2.40. The van der Waals surface area contributed by atoms with Gasteiger partial charge in [0, 0.05) is 0 Å². The highest BCUT2D eigenvalue weighted by atomic mass is 28.2. The molecule has 2 aromatic rings. The summed E-state index contributed by atoms with van der Waals surface area (Å²) >= 11 is 0. The van der Waals surface area contributed by atoms with Crippen molar-refractivity contribution >= 4 is 26.0 Å². The van der Waals surface area contributed by atoms with Crippen LogP contribution in [0.3, 0.4) is 0 Å². The summed E-state index contributed by atoms with van der Waals surface area (Å²) < 4.78 is 12.5. The van der Waals surface area contributed by atoms with Crippen molar-refractivity contribution in [1.29, 1.82) is 0 Å². The summed E-state index contributed by atoms with van der Waals surface area (Å²) in [5.41, 5.74) is 0.614. The number of para-hydroxylation sites is 1. The fraction of sp³-hybridized carbons (Fsp3) is 0.364. The highest BCUT2D eigenvalue weighted by molar-refractivity contribution is 6.68. The Kier molecular flexibility index (Phi) is 5.78. The van der Waals surface area contributed by atoms with E-state index in [-0.39, 0.29) is 11.2 Å². The van der Waals surface area contributed by atoms with Gasteiger partial charge >= 0.3 is 0 Å². The Morgan fingerprint density at radius 2 is 1.44 bits per heavy atom. The minimum absolute atomic E-state index is 0.262. The second-order valence-electron chi connectivity index (χ2n) is 8.30. The minimum atomic E-state index is -0.669. The maximum absolute atomic E-state index is 6.32. The number of hydrogen-bond acceptors (Lipinski definition) is 2. The van der Waals surface area contributed by atoms with Gasteiger partial charge in [-0.25, -0.2) is 0 Å². The molecule has 0 radical (unpaired) electrons. The largest absolute Gasteiger partial charge is 0.484 e. The standard InChI is InChI=1S/C22H30O2Si/c1-8-16-12-14-17(15-13-16)25-19-11-9-10-18(23-21(2,3)4)20(19)24-22(5,6)7/h8-15H,1,25H2,2-7H3. The van der Waals surface area contributed by atoms with Crippen LogP contribution in [0.5, 0.6) is 11.5 Å². The molecule has 0 saturated carbocycles. The van der Waals surface area contributed by atoms with E-state index in [1.54, 1.807) is 0 Å². The third-order valence-corrected chi connectivity index (χ3v) is 5.31. The molecule has 0 aliphatic rings. The van der Waals surface area contributed by atoms with Gasteiger partial charge in [0.2, 0.25) is 0 Å². The van der Waals surface area contributed by atoms with Gasteiger partial charge in [-0.05, 0) is 58.4 Å². The molecule has 134 valence electrons. The SMILES string of the molecule is C=Cc1ccc([SiH2]c2cccc(OC(C)(C)C)c2OC(C)(C)C)cc1. The molecule has 0 atom stereocenters. The lowest BCUT2D eigenvalue weighted by atomic mass is 10.1. The topological polar surface area (TPSA) is 18.5 Å². The molecule has 0 aromatic heterocycles. The van der Waals surface area contributed by atoms with Crippen LogP contribution in [0.15, 0.2) is 49.0 Å². The Hall–Kier alpha value is -2.00. The van der Waals surface area contributed by atoms with E-state index in [9.17, 15) is 0 Å². The van der Waals surface area contributed by atoms with E-state index in [0.717, 1.165) is 17.1 Å². The first-order chi connectivity index (χ1) is 11.6. The zero-order valence-electron chi connectivity index (χ0n) is 16.3. The Bertz CT molecular complexity index is 719. The summed E-state index contributed by atoms with van der Waals surface area (Å²) in [6, 6.07) is 14.9. The lowest BCUT2D eigenvalue weighted by molar-refractivity contribution is 0.0969. The lowest BCUT2D eigenvalue weighted by Crippen LogP contribution is -2.34. The van der Waals surface area contributed by atoms with Crippen molar-refractivity contribution < 1.29 is 9.47 Å². The van der Waals surface area contributed by atoms with Crippen LogP contribution in [0.25, 0.3) is 6.08 Å². The molecule has 0 fully saturated rings. The summed E-state index contributed by atoms with van der Waals surface area (Å²) in [4.78, 5) is 0. The molecule has 2 rings (SSSR count). The Labute approximate surface area is 154 Å². The molecule has 2 aromatic carbocycles. The highest BCUT2D eigenvalue weighted by Gasteiger charge is 2.22. The van der Waals surface area contributed by atoms with E-state index in [0.29, 0.717) is 0 Å². The van der Waals surface area contributed by atoms with Gasteiger partial charge < -0.3 is 9.47 Å². The summed E-state index contributed by atoms with van der Waals surface area (Å²) in [5, 5.41) is 2.64. The van der Waals surface area contributed by atoms with Gasteiger partial charge in [0.25, 0.3) is 0 Å². The molecule has 3 heteroatoms. The molecular formula is C22H30O2Si. The molecule has 0 aliphatic carbocycles. The van der Waals surface area contributed by atoms with Crippen molar-refractivity contribution in [2.75, 3.05) is 0 Å². The van der Waals surface area contributed by atoms with Crippen LogP contribution in [0.4, 0.5) is 0 Å². The molecule has 0 N–H and O–H groups in total. The fourth-order valence-corrected chi connectivity index (χ4v) is 4.10. The van der Waals surface area contributed by atoms with E-state index in [4.69, 9.17) is 9.47 Å². The first-order valence-corrected chi connectivity index (χ1v) is 10.2. The first-order valence-electron chi connectivity index (χ1n) is 8.79. The number of benzene rings is 2. The number of hydrogen-bond donors (Lipinski definition) is 0. The normalized spacial score (nSPS) is 12.4. The smallest absolute Gasteiger partial charge is 0.161 e. The molecule has 0 bridgehead atoms. The average Bonchev–Trinajstić information content (AvgIpc) is 2.48. The van der Waals surface area contributed by atoms with Gasteiger partial charge in [0.15, 0.2) is 11.5 Å². The zero-order valence-corrected chi connectivity index (χ0v) is 17.8. The second-order valence-corrected chi connectivity index (χ2v) is 10.2. The average molecular weight is 355 g/mol. The van der Waals surface area contributed by atoms with Crippen LogP contribution in [0.1, 0.15) is 47.1 Å². The van der Waals surface area contributed by atoms with Crippen molar-refractivity contribution in [3.8, 4) is 11.5 Å². The van der Waals surface area contributed by atoms with Gasteiger partial charge in [0.05, 0.1) is 9.52 Å². The molecule has 0 amide bonds. The predicted octanol–water partition coefficient (Wildman–Crippen LogP) is 3.80. The van der Waals surface area contributed by atoms with Crippen molar-refractivity contribution in [1.82, 2.24) is 0 Å². The van der Waals surface area contributed by atoms with E-state index in [1.165, 1.54) is 10.4 Å². The van der Waals surface area contributed by atoms with E-state index < -0.39 is 9.52 Å². The van der Waals surface area contributed by atoms with E-state index in [1.807, 2.05) is 12.1 Å². The molecule has 0 aliphatic heterocycles. The van der Waals surface area contributed by atoms with Crippen LogP contribution >= 0.6 is 0 Å². The van der Waals surface area contributed by atoms with Gasteiger partial charge in [0.1, 0.15) is 11.2 Å². The maximum Gasteiger partial charge on any atom is 0.161 e. The van der Waals surface area contributed by atoms with Crippen LogP contribution < -0.4 is 19.8 Å². The molecule has 0 spiro atoms. The summed E-state index contributed by atoms with van der Waals surface area (Å²) in [5.74, 6) is 1.72. The van der Waals surface area contributed by atoms with Gasteiger partial charge in [-0.3, -0.25) is 0 Å². The molecule has 0 saturated heterocycles. The van der Waals surface area contributed by atoms with Crippen LogP contribution in [-0.2, 0) is 0 Å². The first kappa shape index (κ1) is 19.3. The summed E-state index contributed by atoms with van der Waals surface area (Å²) in [6.07, 6.45) is 1.87. The third-order valence-electron chi connectivity index (χ3n) is 3.49. The molecular weight excluding hydrogens is 324 g/mol. The zero-order chi connectivity index (χ0) is 18.7. The predicted molar refractivity (Wildman–Crippen MR) is 112 cm³/mol. The molecule has 0 heterocycles. The monoisotopic (exact) mass is 354 g/mol. The summed E-state index contributed by atoms with van der Waals surface area (Å²) in [6.45, 7) is 16.2. The van der Waals surface area contributed by atoms with Crippen molar-refractivity contribution in [3.05, 3.63) is 54.6 Å². The Morgan fingerprint density at radius 3 is 1.96 bits per heavy atom. The van der Waals surface area contributed by atoms with Gasteiger partial charge in [-0.1, -0.05) is 54.2 Å². The summed E-state index contributed by atoms with van der Waals surface area (Å²) in [7, 11) is -0.669. The fourth-order valence-electron chi connectivity index (χ4n) is 2.52. The number of rotatable bonds is 5. The quantitative estimate of drug-likeness (QED) is 0.760. The van der Waals surface area contributed by atoms with Crippen molar-refractivity contribution in [2.45, 2.75) is 52.7 Å². The maximum atomic E-state index is 6.32. The molecule has 0 unspecified atom stereocenters.